The van der Waals surface area contributed by atoms with Crippen LogP contribution in [0, 0.1) is 5.92 Å². The zero-order valence-electron chi connectivity index (χ0n) is 13.0. The maximum absolute atomic E-state index is 12.1. The van der Waals surface area contributed by atoms with Crippen LogP contribution in [-0.4, -0.2) is 29.2 Å². The van der Waals surface area contributed by atoms with Crippen molar-refractivity contribution in [2.24, 2.45) is 5.92 Å². The molecule has 0 aromatic heterocycles. The first kappa shape index (κ1) is 15.4. The molecule has 23 heavy (non-hydrogen) atoms. The van der Waals surface area contributed by atoms with Crippen molar-refractivity contribution >= 4 is 6.09 Å². The first-order chi connectivity index (χ1) is 11.2. The van der Waals surface area contributed by atoms with Gasteiger partial charge in [-0.3, -0.25) is 0 Å². The molecule has 0 aliphatic carbocycles. The Balaban J connectivity index is 1.47. The molecule has 3 rings (SSSR count). The molecule has 1 unspecified atom stereocenters. The molecule has 1 fully saturated rings. The van der Waals surface area contributed by atoms with Crippen LogP contribution < -0.4 is 0 Å². The molecular weight excluding hydrogens is 290 g/mol. The number of hydrogen-bond donors (Lipinski definition) is 1. The molecule has 0 saturated carbocycles. The zero-order chi connectivity index (χ0) is 16.1. The van der Waals surface area contributed by atoms with Gasteiger partial charge in [-0.25, -0.2) is 4.79 Å². The van der Waals surface area contributed by atoms with Crippen LogP contribution in [-0.2, 0) is 17.8 Å². The number of benzene rings is 2. The molecule has 0 spiro atoms. The molecule has 1 atom stereocenters. The third kappa shape index (κ3) is 4.25. The largest absolute Gasteiger partial charge is 0.508 e. The van der Waals surface area contributed by atoms with Gasteiger partial charge >= 0.3 is 6.09 Å². The van der Waals surface area contributed by atoms with Crippen LogP contribution in [0.15, 0.2) is 54.6 Å². The molecule has 2 aromatic rings. The number of likely N-dealkylation sites (tertiary alicyclic amines) is 1. The highest BCUT2D eigenvalue weighted by molar-refractivity contribution is 5.68. The van der Waals surface area contributed by atoms with E-state index in [1.165, 1.54) is 5.56 Å². The lowest BCUT2D eigenvalue weighted by Crippen LogP contribution is -2.29. The van der Waals surface area contributed by atoms with Gasteiger partial charge < -0.3 is 14.7 Å². The van der Waals surface area contributed by atoms with Gasteiger partial charge in [0.25, 0.3) is 0 Å². The van der Waals surface area contributed by atoms with E-state index in [4.69, 9.17) is 4.74 Å². The molecule has 1 heterocycles. The minimum Gasteiger partial charge on any atom is -0.508 e. The van der Waals surface area contributed by atoms with E-state index in [1.54, 1.807) is 17.0 Å². The van der Waals surface area contributed by atoms with Crippen molar-refractivity contribution in [1.29, 1.82) is 0 Å². The maximum atomic E-state index is 12.1. The van der Waals surface area contributed by atoms with Crippen molar-refractivity contribution in [3.63, 3.8) is 0 Å². The molecule has 1 aliphatic rings. The molecular formula is C19H21NO3. The van der Waals surface area contributed by atoms with Crippen molar-refractivity contribution in [2.75, 3.05) is 13.1 Å². The lowest BCUT2D eigenvalue weighted by atomic mass is 9.99. The summed E-state index contributed by atoms with van der Waals surface area (Å²) in [6.07, 6.45) is 1.67. The van der Waals surface area contributed by atoms with Gasteiger partial charge in [-0.15, -0.1) is 0 Å². The Kier molecular flexibility index (Phi) is 4.81. The SMILES string of the molecule is O=C(OCc1ccccc1)N1CCC(Cc2ccc(O)cc2)C1. The number of rotatable bonds is 4. The van der Waals surface area contributed by atoms with E-state index in [0.29, 0.717) is 12.5 Å². The molecule has 1 amide bonds. The highest BCUT2D eigenvalue weighted by Crippen LogP contribution is 2.22. The summed E-state index contributed by atoms with van der Waals surface area (Å²) in [6.45, 7) is 1.80. The van der Waals surface area contributed by atoms with E-state index < -0.39 is 0 Å². The van der Waals surface area contributed by atoms with E-state index >= 15 is 0 Å². The van der Waals surface area contributed by atoms with Crippen LogP contribution in [0.25, 0.3) is 0 Å². The summed E-state index contributed by atoms with van der Waals surface area (Å²) in [5.74, 6) is 0.732. The summed E-state index contributed by atoms with van der Waals surface area (Å²) in [4.78, 5) is 13.9. The second-order valence-corrected chi connectivity index (χ2v) is 6.01. The fraction of sp³-hybridized carbons (Fsp3) is 0.316. The molecule has 4 heteroatoms. The monoisotopic (exact) mass is 311 g/mol. The number of nitrogens with zero attached hydrogens (tertiary/aromatic N) is 1. The van der Waals surface area contributed by atoms with Gasteiger partial charge in [-0.1, -0.05) is 42.5 Å². The van der Waals surface area contributed by atoms with E-state index in [1.807, 2.05) is 42.5 Å². The van der Waals surface area contributed by atoms with E-state index in [9.17, 15) is 9.90 Å². The Labute approximate surface area is 136 Å². The second kappa shape index (κ2) is 7.18. The van der Waals surface area contributed by atoms with Crippen LogP contribution in [0.5, 0.6) is 5.75 Å². The summed E-state index contributed by atoms with van der Waals surface area (Å²) in [5.41, 5.74) is 2.19. The third-order valence-electron chi connectivity index (χ3n) is 4.21. The number of phenols is 1. The van der Waals surface area contributed by atoms with E-state index in [0.717, 1.165) is 31.5 Å². The van der Waals surface area contributed by atoms with Crippen molar-refractivity contribution in [1.82, 2.24) is 4.90 Å². The van der Waals surface area contributed by atoms with Gasteiger partial charge in [-0.05, 0) is 42.0 Å². The maximum Gasteiger partial charge on any atom is 0.410 e. The zero-order valence-corrected chi connectivity index (χ0v) is 13.0. The van der Waals surface area contributed by atoms with Gasteiger partial charge in [0, 0.05) is 13.1 Å². The summed E-state index contributed by atoms with van der Waals surface area (Å²) in [6, 6.07) is 17.0. The van der Waals surface area contributed by atoms with Crippen molar-refractivity contribution in [2.45, 2.75) is 19.4 Å². The van der Waals surface area contributed by atoms with Gasteiger partial charge in [0.2, 0.25) is 0 Å². The average molecular weight is 311 g/mol. The quantitative estimate of drug-likeness (QED) is 0.938. The highest BCUT2D eigenvalue weighted by atomic mass is 16.6. The fourth-order valence-electron chi connectivity index (χ4n) is 2.94. The lowest BCUT2D eigenvalue weighted by molar-refractivity contribution is 0.103. The molecule has 1 N–H and O–H groups in total. The number of carbonyl (C=O) groups excluding carboxylic acids is 1. The minimum absolute atomic E-state index is 0.234. The fourth-order valence-corrected chi connectivity index (χ4v) is 2.94. The highest BCUT2D eigenvalue weighted by Gasteiger charge is 2.27. The summed E-state index contributed by atoms with van der Waals surface area (Å²) < 4.78 is 5.38. The smallest absolute Gasteiger partial charge is 0.410 e. The normalized spacial score (nSPS) is 17.2. The van der Waals surface area contributed by atoms with Crippen molar-refractivity contribution in [3.05, 3.63) is 65.7 Å². The molecule has 0 radical (unpaired) electrons. The molecule has 1 saturated heterocycles. The number of carbonyl (C=O) groups is 1. The molecule has 120 valence electrons. The van der Waals surface area contributed by atoms with Crippen LogP contribution >= 0.6 is 0 Å². The van der Waals surface area contributed by atoms with E-state index in [2.05, 4.69) is 0 Å². The second-order valence-electron chi connectivity index (χ2n) is 6.01. The van der Waals surface area contributed by atoms with Gasteiger partial charge in [0.05, 0.1) is 0 Å². The Hall–Kier alpha value is -2.49. The molecule has 2 aromatic carbocycles. The standard InChI is InChI=1S/C19H21NO3/c21-18-8-6-15(7-9-18)12-17-10-11-20(13-17)19(22)23-14-16-4-2-1-3-5-16/h1-9,17,21H,10-14H2. The van der Waals surface area contributed by atoms with Crippen LogP contribution in [0.3, 0.4) is 0 Å². The average Bonchev–Trinajstić information content (AvgIpc) is 3.04. The van der Waals surface area contributed by atoms with Crippen LogP contribution in [0.1, 0.15) is 17.5 Å². The van der Waals surface area contributed by atoms with E-state index in [-0.39, 0.29) is 11.8 Å². The molecule has 0 bridgehead atoms. The van der Waals surface area contributed by atoms with Crippen LogP contribution in [0.2, 0.25) is 0 Å². The first-order valence-corrected chi connectivity index (χ1v) is 7.94. The molecule has 1 aliphatic heterocycles. The number of ether oxygens (including phenoxy) is 1. The summed E-state index contributed by atoms with van der Waals surface area (Å²) in [5, 5.41) is 9.32. The predicted molar refractivity (Wildman–Crippen MR) is 88.1 cm³/mol. The van der Waals surface area contributed by atoms with Crippen molar-refractivity contribution < 1.29 is 14.6 Å². The minimum atomic E-state index is -0.234. The van der Waals surface area contributed by atoms with Gasteiger partial charge in [0.1, 0.15) is 12.4 Å². The third-order valence-corrected chi connectivity index (χ3v) is 4.21. The molecule has 4 nitrogen and oxygen atoms in total. The van der Waals surface area contributed by atoms with Crippen LogP contribution in [0.4, 0.5) is 4.79 Å². The number of aromatic hydroxyl groups is 1. The summed E-state index contributed by atoms with van der Waals surface area (Å²) >= 11 is 0. The van der Waals surface area contributed by atoms with Gasteiger partial charge in [0.15, 0.2) is 0 Å². The van der Waals surface area contributed by atoms with Crippen molar-refractivity contribution in [3.8, 4) is 5.75 Å². The first-order valence-electron chi connectivity index (χ1n) is 7.94. The Morgan fingerprint density at radius 2 is 1.83 bits per heavy atom. The Morgan fingerprint density at radius 1 is 1.09 bits per heavy atom. The lowest BCUT2D eigenvalue weighted by Gasteiger charge is -2.16. The number of phenolic OH excluding ortho intramolecular Hbond substituents is 1. The topological polar surface area (TPSA) is 49.8 Å². The number of hydrogen-bond acceptors (Lipinski definition) is 3. The predicted octanol–water partition coefficient (Wildman–Crippen LogP) is 3.59. The summed E-state index contributed by atoms with van der Waals surface area (Å²) in [7, 11) is 0. The Morgan fingerprint density at radius 3 is 2.57 bits per heavy atom. The Bertz CT molecular complexity index is 639. The van der Waals surface area contributed by atoms with Gasteiger partial charge in [-0.2, -0.15) is 0 Å². The number of amides is 1.